The number of carbonyl (C=O) groups excluding carboxylic acids is 1. The third-order valence-electron chi connectivity index (χ3n) is 3.32. The third kappa shape index (κ3) is 4.33. The topological polar surface area (TPSA) is 120 Å². The van der Waals surface area contributed by atoms with Crippen LogP contribution in [0.1, 0.15) is 35.7 Å². The van der Waals surface area contributed by atoms with Gasteiger partial charge in [-0.25, -0.2) is 8.42 Å². The fourth-order valence-corrected chi connectivity index (χ4v) is 3.43. The Labute approximate surface area is 151 Å². The molecule has 0 bridgehead atoms. The summed E-state index contributed by atoms with van der Waals surface area (Å²) < 4.78 is 40.2. The number of sulfonamides is 1. The molecule has 0 aliphatic carbocycles. The van der Waals surface area contributed by atoms with Crippen LogP contribution in [0.2, 0.25) is 0 Å². The molecule has 9 nitrogen and oxygen atoms in total. The van der Waals surface area contributed by atoms with Crippen LogP contribution in [0.25, 0.3) is 0 Å². The van der Waals surface area contributed by atoms with Crippen LogP contribution < -0.4 is 19.7 Å². The lowest BCUT2D eigenvalue weighted by Crippen LogP contribution is -2.41. The minimum Gasteiger partial charge on any atom is -0.493 e. The van der Waals surface area contributed by atoms with Gasteiger partial charge in [0.05, 0.1) is 13.2 Å². The van der Waals surface area contributed by atoms with Gasteiger partial charge in [-0.3, -0.25) is 10.2 Å². The summed E-state index contributed by atoms with van der Waals surface area (Å²) >= 11 is 0. The molecule has 1 heterocycles. The largest absolute Gasteiger partial charge is 0.493 e. The molecule has 142 valence electrons. The molecule has 0 spiro atoms. The zero-order valence-corrected chi connectivity index (χ0v) is 15.9. The van der Waals surface area contributed by atoms with E-state index in [1.807, 2.05) is 18.7 Å². The van der Waals surface area contributed by atoms with E-state index in [1.165, 1.54) is 33.1 Å². The van der Waals surface area contributed by atoms with E-state index in [2.05, 4.69) is 10.6 Å². The first kappa shape index (κ1) is 19.7. The number of methoxy groups -OCH3 is 1. The lowest BCUT2D eigenvalue weighted by molar-refractivity contribution is 0.0944. The van der Waals surface area contributed by atoms with Crippen LogP contribution in [0.3, 0.4) is 0 Å². The molecule has 0 saturated carbocycles. The fraction of sp³-hybridized carbons (Fsp3) is 0.375. The quantitative estimate of drug-likeness (QED) is 0.698. The lowest BCUT2D eigenvalue weighted by atomic mass is 10.2. The average Bonchev–Trinajstić information content (AvgIpc) is 2.92. The second kappa shape index (κ2) is 7.75. The highest BCUT2D eigenvalue weighted by molar-refractivity contribution is 7.89. The Morgan fingerprint density at radius 1 is 1.23 bits per heavy atom. The number of hydrazine groups is 1. The highest BCUT2D eigenvalue weighted by atomic mass is 32.2. The Balaban J connectivity index is 2.15. The van der Waals surface area contributed by atoms with Gasteiger partial charge in [-0.15, -0.1) is 4.83 Å². The number of aryl methyl sites for hydroxylation is 2. The van der Waals surface area contributed by atoms with Gasteiger partial charge in [0.1, 0.15) is 10.6 Å². The van der Waals surface area contributed by atoms with Crippen molar-refractivity contribution in [2.24, 2.45) is 0 Å². The molecule has 0 fully saturated rings. The lowest BCUT2D eigenvalue weighted by Gasteiger charge is -2.14. The highest BCUT2D eigenvalue weighted by Crippen LogP contribution is 2.29. The molecule has 1 aromatic heterocycles. The summed E-state index contributed by atoms with van der Waals surface area (Å²) in [6.07, 6.45) is -0.0644. The van der Waals surface area contributed by atoms with E-state index in [9.17, 15) is 13.2 Å². The van der Waals surface area contributed by atoms with Crippen LogP contribution in [-0.2, 0) is 10.0 Å². The number of nitrogens with one attached hydrogen (secondary N) is 2. The van der Waals surface area contributed by atoms with Crippen LogP contribution >= 0.6 is 0 Å². The molecule has 10 heteroatoms. The summed E-state index contributed by atoms with van der Waals surface area (Å²) in [5.74, 6) is 0.311. The van der Waals surface area contributed by atoms with Gasteiger partial charge >= 0.3 is 0 Å². The molecule has 2 N–H and O–H groups in total. The fourth-order valence-electron chi connectivity index (χ4n) is 2.26. The molecular weight excluding hydrogens is 362 g/mol. The molecule has 0 unspecified atom stereocenters. The molecule has 0 atom stereocenters. The van der Waals surface area contributed by atoms with E-state index in [0.29, 0.717) is 11.5 Å². The predicted molar refractivity (Wildman–Crippen MR) is 92.5 cm³/mol. The van der Waals surface area contributed by atoms with E-state index < -0.39 is 15.9 Å². The number of rotatable bonds is 7. The van der Waals surface area contributed by atoms with Gasteiger partial charge in [-0.1, -0.05) is 5.16 Å². The number of aromatic nitrogens is 1. The minimum absolute atomic E-state index is 0.0644. The Bertz CT molecular complexity index is 885. The minimum atomic E-state index is -4.02. The summed E-state index contributed by atoms with van der Waals surface area (Å²) in [4.78, 5) is 14.2. The van der Waals surface area contributed by atoms with Crippen LogP contribution in [0, 0.1) is 13.8 Å². The van der Waals surface area contributed by atoms with Crippen molar-refractivity contribution in [3.05, 3.63) is 35.2 Å². The first-order chi connectivity index (χ1) is 12.2. The van der Waals surface area contributed by atoms with Gasteiger partial charge in [-0.05, 0) is 45.9 Å². The molecule has 26 heavy (non-hydrogen) atoms. The number of amides is 1. The molecule has 0 aliphatic rings. The number of nitrogens with zero attached hydrogens (tertiary/aromatic N) is 1. The van der Waals surface area contributed by atoms with Crippen molar-refractivity contribution in [1.82, 2.24) is 15.4 Å². The maximum Gasteiger partial charge on any atom is 0.266 e. The van der Waals surface area contributed by atoms with Crippen molar-refractivity contribution in [2.45, 2.75) is 38.7 Å². The van der Waals surface area contributed by atoms with Crippen molar-refractivity contribution in [3.63, 3.8) is 0 Å². The monoisotopic (exact) mass is 383 g/mol. The van der Waals surface area contributed by atoms with Crippen molar-refractivity contribution in [2.75, 3.05) is 7.11 Å². The molecule has 0 aliphatic heterocycles. The highest BCUT2D eigenvalue weighted by Gasteiger charge is 2.25. The van der Waals surface area contributed by atoms with Crippen molar-refractivity contribution < 1.29 is 27.2 Å². The summed E-state index contributed by atoms with van der Waals surface area (Å²) in [5, 5.41) is 3.59. The molecule has 1 aromatic carbocycles. The Kier molecular flexibility index (Phi) is 5.88. The Morgan fingerprint density at radius 3 is 2.46 bits per heavy atom. The second-order valence-electron chi connectivity index (χ2n) is 5.75. The number of benzene rings is 1. The van der Waals surface area contributed by atoms with E-state index in [0.717, 1.165) is 0 Å². The van der Waals surface area contributed by atoms with Crippen LogP contribution in [0.5, 0.6) is 11.5 Å². The first-order valence-electron chi connectivity index (χ1n) is 7.75. The normalized spacial score (nSPS) is 11.5. The number of hydrogen-bond acceptors (Lipinski definition) is 7. The summed E-state index contributed by atoms with van der Waals surface area (Å²) in [5.41, 5.74) is 2.54. The van der Waals surface area contributed by atoms with E-state index in [1.54, 1.807) is 6.07 Å². The maximum absolute atomic E-state index is 12.3. The second-order valence-corrected chi connectivity index (χ2v) is 7.36. The van der Waals surface area contributed by atoms with Crippen molar-refractivity contribution in [3.8, 4) is 11.5 Å². The Morgan fingerprint density at radius 2 is 1.92 bits per heavy atom. The number of ether oxygens (including phenoxy) is 2. The summed E-state index contributed by atoms with van der Waals surface area (Å²) in [6, 6.07) is 4.54. The molecule has 2 rings (SSSR count). The third-order valence-corrected chi connectivity index (χ3v) is 4.82. The SMILES string of the molecule is COc1cc(C(=O)NNS(=O)(=O)c2c(C)noc2C)ccc1OC(C)C. The van der Waals surface area contributed by atoms with Gasteiger partial charge in [-0.2, -0.15) is 0 Å². The molecule has 0 saturated heterocycles. The summed E-state index contributed by atoms with van der Waals surface area (Å²) in [7, 11) is -2.57. The van der Waals surface area contributed by atoms with Gasteiger partial charge < -0.3 is 14.0 Å². The van der Waals surface area contributed by atoms with Crippen LogP contribution in [-0.4, -0.2) is 32.7 Å². The van der Waals surface area contributed by atoms with Crippen LogP contribution in [0.4, 0.5) is 0 Å². The molecule has 2 aromatic rings. The maximum atomic E-state index is 12.3. The van der Waals surface area contributed by atoms with E-state index >= 15 is 0 Å². The van der Waals surface area contributed by atoms with Crippen molar-refractivity contribution in [1.29, 1.82) is 0 Å². The average molecular weight is 383 g/mol. The van der Waals surface area contributed by atoms with Gasteiger partial charge in [0, 0.05) is 5.56 Å². The van der Waals surface area contributed by atoms with Gasteiger partial charge in [0.2, 0.25) is 0 Å². The van der Waals surface area contributed by atoms with Gasteiger partial charge in [0.15, 0.2) is 17.3 Å². The standard InChI is InChI=1S/C16H21N3O6S/c1-9(2)24-13-7-6-12(8-14(13)23-5)16(20)17-19-26(21,22)15-10(3)18-25-11(15)4/h6-9,19H,1-5H3,(H,17,20). The van der Waals surface area contributed by atoms with Crippen molar-refractivity contribution >= 4 is 15.9 Å². The molecule has 0 radical (unpaired) electrons. The molecule has 1 amide bonds. The Hall–Kier alpha value is -2.59. The molecular formula is C16H21N3O6S. The van der Waals surface area contributed by atoms with Crippen LogP contribution in [0.15, 0.2) is 27.6 Å². The zero-order chi connectivity index (χ0) is 19.5. The summed E-state index contributed by atoms with van der Waals surface area (Å²) in [6.45, 7) is 6.69. The predicted octanol–water partition coefficient (Wildman–Crippen LogP) is 1.71. The van der Waals surface area contributed by atoms with E-state index in [-0.39, 0.29) is 28.0 Å². The zero-order valence-electron chi connectivity index (χ0n) is 15.1. The smallest absolute Gasteiger partial charge is 0.266 e. The first-order valence-corrected chi connectivity index (χ1v) is 9.23. The number of hydrogen-bond donors (Lipinski definition) is 2. The van der Waals surface area contributed by atoms with Gasteiger partial charge in [0.25, 0.3) is 15.9 Å². The van der Waals surface area contributed by atoms with E-state index in [4.69, 9.17) is 14.0 Å². The number of carbonyl (C=O) groups is 1.